The number of sulfonamides is 1. The highest BCUT2D eigenvalue weighted by molar-refractivity contribution is 7.89. The van der Waals surface area contributed by atoms with Gasteiger partial charge in [0.25, 0.3) is 0 Å². The van der Waals surface area contributed by atoms with E-state index < -0.39 is 10.0 Å². The van der Waals surface area contributed by atoms with Gasteiger partial charge in [0.1, 0.15) is 0 Å². The third-order valence-corrected chi connectivity index (χ3v) is 5.97. The molecule has 0 aliphatic heterocycles. The van der Waals surface area contributed by atoms with Crippen LogP contribution >= 0.6 is 0 Å². The first-order valence-electron chi connectivity index (χ1n) is 7.84. The first kappa shape index (κ1) is 16.5. The van der Waals surface area contributed by atoms with E-state index in [0.29, 0.717) is 18.2 Å². The van der Waals surface area contributed by atoms with Gasteiger partial charge in [-0.05, 0) is 31.7 Å². The molecule has 0 amide bonds. The van der Waals surface area contributed by atoms with Crippen LogP contribution in [-0.2, 0) is 23.2 Å². The van der Waals surface area contributed by atoms with Crippen molar-refractivity contribution in [3.05, 3.63) is 18.0 Å². The lowest BCUT2D eigenvalue weighted by molar-refractivity contribution is 0.271. The lowest BCUT2D eigenvalue weighted by Gasteiger charge is -2.31. The zero-order valence-electron chi connectivity index (χ0n) is 12.9. The van der Waals surface area contributed by atoms with E-state index >= 15 is 0 Å². The minimum Gasteiger partial charge on any atom is -0.390 e. The van der Waals surface area contributed by atoms with Gasteiger partial charge in [0.2, 0.25) is 10.0 Å². The summed E-state index contributed by atoms with van der Waals surface area (Å²) >= 11 is 0. The number of aromatic nitrogens is 1. The molecule has 1 aromatic heterocycles. The summed E-state index contributed by atoms with van der Waals surface area (Å²) in [5.74, 6) is 0.430. The molecule has 1 fully saturated rings. The molecule has 1 heterocycles. The summed E-state index contributed by atoms with van der Waals surface area (Å²) in [5, 5.41) is 9.29. The highest BCUT2D eigenvalue weighted by Crippen LogP contribution is 2.28. The van der Waals surface area contributed by atoms with Gasteiger partial charge in [-0.15, -0.1) is 0 Å². The van der Waals surface area contributed by atoms with Gasteiger partial charge >= 0.3 is 0 Å². The Balaban J connectivity index is 2.19. The lowest BCUT2D eigenvalue weighted by atomic mass is 9.83. The van der Waals surface area contributed by atoms with Crippen molar-refractivity contribution < 1.29 is 13.5 Å². The Morgan fingerprint density at radius 1 is 1.33 bits per heavy atom. The molecule has 0 bridgehead atoms. The third-order valence-electron chi connectivity index (χ3n) is 4.51. The van der Waals surface area contributed by atoms with Gasteiger partial charge in [-0.25, -0.2) is 13.1 Å². The van der Waals surface area contributed by atoms with E-state index in [1.54, 1.807) is 16.8 Å². The monoisotopic (exact) mass is 314 g/mol. The van der Waals surface area contributed by atoms with Crippen LogP contribution in [0.2, 0.25) is 0 Å². The molecule has 1 aliphatic rings. The highest BCUT2D eigenvalue weighted by Gasteiger charge is 2.29. The fraction of sp³-hybridized carbons (Fsp3) is 0.733. The maximum atomic E-state index is 12.6. The number of nitrogens with zero attached hydrogens (tertiary/aromatic N) is 1. The molecule has 21 heavy (non-hydrogen) atoms. The maximum Gasteiger partial charge on any atom is 0.242 e. The number of aliphatic hydroxyl groups excluding tert-OH is 1. The molecule has 1 aliphatic carbocycles. The van der Waals surface area contributed by atoms with Crippen molar-refractivity contribution in [3.63, 3.8) is 0 Å². The second-order valence-corrected chi connectivity index (χ2v) is 7.51. The molecule has 2 atom stereocenters. The van der Waals surface area contributed by atoms with Crippen molar-refractivity contribution in [2.75, 3.05) is 0 Å². The summed E-state index contributed by atoms with van der Waals surface area (Å²) in [6, 6.07) is 1.60. The molecule has 0 radical (unpaired) electrons. The summed E-state index contributed by atoms with van der Waals surface area (Å²) in [6.45, 7) is 4.54. The second-order valence-electron chi connectivity index (χ2n) is 5.79. The quantitative estimate of drug-likeness (QED) is 0.846. The van der Waals surface area contributed by atoms with Crippen molar-refractivity contribution in [2.45, 2.75) is 70.0 Å². The Kier molecular flexibility index (Phi) is 5.46. The van der Waals surface area contributed by atoms with Gasteiger partial charge in [-0.3, -0.25) is 0 Å². The normalized spacial score (nSPS) is 23.4. The Labute approximate surface area is 127 Å². The van der Waals surface area contributed by atoms with E-state index in [0.717, 1.165) is 25.7 Å². The van der Waals surface area contributed by atoms with Crippen molar-refractivity contribution in [2.24, 2.45) is 5.92 Å². The smallest absolute Gasteiger partial charge is 0.242 e. The number of hydrogen-bond donors (Lipinski definition) is 2. The van der Waals surface area contributed by atoms with Crippen molar-refractivity contribution in [3.8, 4) is 0 Å². The molecule has 6 heteroatoms. The van der Waals surface area contributed by atoms with E-state index in [1.807, 2.05) is 6.92 Å². The van der Waals surface area contributed by atoms with E-state index in [2.05, 4.69) is 11.6 Å². The summed E-state index contributed by atoms with van der Waals surface area (Å²) in [5.41, 5.74) is 0.633. The summed E-state index contributed by atoms with van der Waals surface area (Å²) < 4.78 is 29.8. The van der Waals surface area contributed by atoms with Crippen LogP contribution in [0.5, 0.6) is 0 Å². The lowest BCUT2D eigenvalue weighted by Crippen LogP contribution is -2.41. The number of hydrogen-bond acceptors (Lipinski definition) is 3. The highest BCUT2D eigenvalue weighted by atomic mass is 32.2. The molecule has 0 spiro atoms. The largest absolute Gasteiger partial charge is 0.390 e. The summed E-state index contributed by atoms with van der Waals surface area (Å²) in [6.07, 6.45) is 6.91. The van der Waals surface area contributed by atoms with Gasteiger partial charge in [-0.1, -0.05) is 26.2 Å². The van der Waals surface area contributed by atoms with Crippen LogP contribution < -0.4 is 4.72 Å². The van der Waals surface area contributed by atoms with Gasteiger partial charge in [0.15, 0.2) is 0 Å². The number of aryl methyl sites for hydroxylation is 1. The van der Waals surface area contributed by atoms with Gasteiger partial charge < -0.3 is 9.67 Å². The Hall–Kier alpha value is -0.850. The molecular formula is C15H26N2O3S. The molecule has 1 aromatic rings. The molecule has 2 rings (SSSR count). The molecule has 5 nitrogen and oxygen atoms in total. The van der Waals surface area contributed by atoms with Crippen LogP contribution in [0.15, 0.2) is 17.2 Å². The molecular weight excluding hydrogens is 288 g/mol. The van der Waals surface area contributed by atoms with Crippen molar-refractivity contribution in [1.82, 2.24) is 9.29 Å². The number of nitrogens with one attached hydrogen (secondary N) is 1. The minimum absolute atomic E-state index is 0.0382. The zero-order chi connectivity index (χ0) is 15.5. The van der Waals surface area contributed by atoms with Crippen LogP contribution in [0.4, 0.5) is 0 Å². The number of rotatable bonds is 6. The predicted molar refractivity (Wildman–Crippen MR) is 82.4 cm³/mol. The Morgan fingerprint density at radius 2 is 2.05 bits per heavy atom. The van der Waals surface area contributed by atoms with E-state index in [-0.39, 0.29) is 17.5 Å². The third kappa shape index (κ3) is 3.67. The van der Waals surface area contributed by atoms with Crippen LogP contribution in [0.25, 0.3) is 0 Å². The Morgan fingerprint density at radius 3 is 2.62 bits per heavy atom. The fourth-order valence-electron chi connectivity index (χ4n) is 3.22. The van der Waals surface area contributed by atoms with Gasteiger partial charge in [0, 0.05) is 24.5 Å². The van der Waals surface area contributed by atoms with Crippen LogP contribution in [0.1, 0.15) is 51.6 Å². The molecule has 2 N–H and O–H groups in total. The SMILES string of the molecule is CCC1CCCCC1NS(=O)(=O)c1cc(CO)n(CC)c1. The molecule has 2 unspecified atom stereocenters. The molecule has 120 valence electrons. The summed E-state index contributed by atoms with van der Waals surface area (Å²) in [4.78, 5) is 0.258. The average Bonchev–Trinajstić information content (AvgIpc) is 2.91. The topological polar surface area (TPSA) is 71.3 Å². The Bertz CT molecular complexity index is 544. The van der Waals surface area contributed by atoms with Crippen molar-refractivity contribution in [1.29, 1.82) is 0 Å². The van der Waals surface area contributed by atoms with E-state index in [9.17, 15) is 13.5 Å². The maximum absolute atomic E-state index is 12.6. The molecule has 0 saturated heterocycles. The standard InChI is InChI=1S/C15H26N2O3S/c1-3-12-7-5-6-8-15(12)16-21(19,20)14-9-13(11-18)17(4-2)10-14/h9-10,12,15-16,18H,3-8,11H2,1-2H3. The van der Waals surface area contributed by atoms with Gasteiger partial charge in [0.05, 0.1) is 11.5 Å². The first-order chi connectivity index (χ1) is 10.0. The van der Waals surface area contributed by atoms with E-state index in [4.69, 9.17) is 0 Å². The predicted octanol–water partition coefficient (Wildman–Crippen LogP) is 2.25. The van der Waals surface area contributed by atoms with Gasteiger partial charge in [-0.2, -0.15) is 0 Å². The first-order valence-corrected chi connectivity index (χ1v) is 9.32. The van der Waals surface area contributed by atoms with Crippen molar-refractivity contribution >= 4 is 10.0 Å². The average molecular weight is 314 g/mol. The molecule has 0 aromatic carbocycles. The number of aliphatic hydroxyl groups is 1. The van der Waals surface area contributed by atoms with E-state index in [1.165, 1.54) is 6.42 Å². The molecule has 1 saturated carbocycles. The summed E-state index contributed by atoms with van der Waals surface area (Å²) in [7, 11) is -3.51. The van der Waals surface area contributed by atoms with Crippen LogP contribution in [0.3, 0.4) is 0 Å². The van der Waals surface area contributed by atoms with Crippen LogP contribution in [0, 0.1) is 5.92 Å². The fourth-order valence-corrected chi connectivity index (χ4v) is 4.62. The minimum atomic E-state index is -3.51. The zero-order valence-corrected chi connectivity index (χ0v) is 13.7. The van der Waals surface area contributed by atoms with Crippen LogP contribution in [-0.4, -0.2) is 24.1 Å². The second kappa shape index (κ2) is 6.94.